The Morgan fingerprint density at radius 1 is 0.700 bits per heavy atom. The van der Waals surface area contributed by atoms with E-state index in [1.165, 1.54) is 28.0 Å². The van der Waals surface area contributed by atoms with Crippen LogP contribution in [0.25, 0.3) is 5.57 Å². The number of carbonyl (C=O) groups excluding carboxylic acids is 5. The molecule has 0 bridgehead atoms. The molecule has 0 saturated carbocycles. The van der Waals surface area contributed by atoms with Gasteiger partial charge in [-0.25, -0.2) is 19.4 Å². The molecule has 7 aromatic carbocycles. The lowest BCUT2D eigenvalue weighted by molar-refractivity contribution is -0.686. The lowest BCUT2D eigenvalue weighted by atomic mass is 9.77. The highest BCUT2D eigenvalue weighted by Gasteiger charge is 2.65. The molecule has 2 aromatic heterocycles. The number of ether oxygens (including phenoxy) is 3. The summed E-state index contributed by atoms with van der Waals surface area (Å²) in [6.07, 6.45) is 1.84. The van der Waals surface area contributed by atoms with Gasteiger partial charge in [-0.3, -0.25) is 14.5 Å². The molecule has 0 aliphatic carbocycles. The number of nitrogens with one attached hydrogen (secondary N) is 2. The molecule has 2 atom stereocenters. The molecule has 1 saturated heterocycles. The molecule has 450 valence electrons. The van der Waals surface area contributed by atoms with Crippen molar-refractivity contribution in [2.24, 2.45) is 5.16 Å². The van der Waals surface area contributed by atoms with Gasteiger partial charge in [0.05, 0.1) is 0 Å². The van der Waals surface area contributed by atoms with Gasteiger partial charge in [0.1, 0.15) is 27.9 Å². The van der Waals surface area contributed by atoms with E-state index in [-0.39, 0.29) is 23.7 Å². The lowest BCUT2D eigenvalue weighted by Gasteiger charge is -2.55. The predicted octanol–water partition coefficient (Wildman–Crippen LogP) is 12.3. The number of pyridine rings is 1. The minimum absolute atomic E-state index is 0.000572. The molecule has 90 heavy (non-hydrogen) atoms. The first kappa shape index (κ1) is 61.5. The fraction of sp³-hybridized carbons (Fsp3) is 0.153. The SMILES string of the molecule is C=C(ON=C(C(=O)NC1(C=S)C(=O)N2C(C(=O)OC(c3ccccc3)c3ccccc3)=C(c3cc[n+](CC(=O)OC(c4ccccc4)c4ccccc4)cc3)CS[C@H]21)c1csc(NC(c2ccccc2)(c2ccccc2)c2ccccc2)n1)C(=O)OC(C)(C)C. The van der Waals surface area contributed by atoms with Crippen LogP contribution in [0.1, 0.15) is 83.2 Å². The number of oxime groups is 1. The fourth-order valence-electron chi connectivity index (χ4n) is 10.8. The highest BCUT2D eigenvalue weighted by atomic mass is 32.2. The van der Waals surface area contributed by atoms with Crippen LogP contribution in [0, 0.1) is 0 Å². The highest BCUT2D eigenvalue weighted by Crippen LogP contribution is 2.49. The van der Waals surface area contributed by atoms with Crippen molar-refractivity contribution in [2.45, 2.75) is 61.6 Å². The maximum absolute atomic E-state index is 15.4. The maximum atomic E-state index is 15.4. The Morgan fingerprint density at radius 2 is 1.16 bits per heavy atom. The topological polar surface area (TPSA) is 179 Å². The van der Waals surface area contributed by atoms with Crippen molar-refractivity contribution in [3.8, 4) is 0 Å². The van der Waals surface area contributed by atoms with Crippen LogP contribution in [0.3, 0.4) is 0 Å². The number of esters is 3. The summed E-state index contributed by atoms with van der Waals surface area (Å²) in [4.78, 5) is 84.8. The van der Waals surface area contributed by atoms with Crippen LogP contribution < -0.4 is 15.2 Å². The molecule has 1 fully saturated rings. The molecule has 11 rings (SSSR count). The van der Waals surface area contributed by atoms with E-state index in [0.29, 0.717) is 27.4 Å². The summed E-state index contributed by atoms with van der Waals surface area (Å²) in [5.41, 5.74) is 2.27. The molecule has 0 radical (unpaired) electrons. The van der Waals surface area contributed by atoms with Gasteiger partial charge >= 0.3 is 17.9 Å². The van der Waals surface area contributed by atoms with Crippen molar-refractivity contribution < 1.29 is 47.6 Å². The molecule has 2 N–H and O–H groups in total. The van der Waals surface area contributed by atoms with Crippen LogP contribution in [0.5, 0.6) is 0 Å². The summed E-state index contributed by atoms with van der Waals surface area (Å²) in [6, 6.07) is 70.7. The second-order valence-electron chi connectivity index (χ2n) is 22.1. The third-order valence-electron chi connectivity index (χ3n) is 15.0. The number of amides is 2. The molecule has 15 nitrogen and oxygen atoms in total. The fourth-order valence-corrected chi connectivity index (χ4v) is 13.4. The van der Waals surface area contributed by atoms with Crippen LogP contribution in [-0.2, 0) is 55.1 Å². The van der Waals surface area contributed by atoms with Gasteiger partial charge in [0, 0.05) is 34.2 Å². The van der Waals surface area contributed by atoms with E-state index in [9.17, 15) is 9.59 Å². The number of hydrogen-bond donors (Lipinski definition) is 2. The standard InChI is InChI=1S/C72H60N6O9S3/c1-48(65(81)86-70(2,3)4)87-76-60(58-46-90-69(73-58)75-72(54-34-20-9-21-35-54,55-36-22-10-23-37-55)56-38-24-11-25-39-56)64(80)74-71(47-88)67(83)78-61(66(82)85-63(52-30-16-7-17-31-52)53-32-18-8-19-33-53)57(45-89-68(71)78)49-40-42-77(43-41-49)44-59(79)84-62(50-26-12-5-13-27-50)51-28-14-6-15-29-51/h5-43,46-47,62-63,68H,1,44-45H2,2-4H3,(H-,73,74,75,80)/p+1/t68-,71?/m0/s1. The van der Waals surface area contributed by atoms with Crippen molar-refractivity contribution in [2.75, 3.05) is 11.1 Å². The summed E-state index contributed by atoms with van der Waals surface area (Å²) in [5.74, 6) is -4.37. The third-order valence-corrected chi connectivity index (χ3v) is 17.5. The normalized spacial score (nSPS) is 15.7. The average molecular weight is 1250 g/mol. The number of hydrogen-bond acceptors (Lipinski definition) is 15. The number of carbonyl (C=O) groups is 5. The molecule has 2 aliphatic rings. The average Bonchev–Trinajstić information content (AvgIpc) is 0.782. The number of thioether (sulfide) groups is 1. The number of rotatable bonds is 22. The minimum Gasteiger partial charge on any atom is -0.454 e. The first-order chi connectivity index (χ1) is 43.7. The van der Waals surface area contributed by atoms with Crippen LogP contribution >= 0.6 is 35.3 Å². The van der Waals surface area contributed by atoms with Crippen molar-refractivity contribution in [1.29, 1.82) is 0 Å². The number of aromatic nitrogens is 2. The number of nitrogens with zero attached hydrogens (tertiary/aromatic N) is 4. The summed E-state index contributed by atoms with van der Waals surface area (Å²) in [7, 11) is 0. The molecular formula is C72H61N6O9S3+. The maximum Gasteiger partial charge on any atom is 0.376 e. The Morgan fingerprint density at radius 3 is 1.61 bits per heavy atom. The van der Waals surface area contributed by atoms with Gasteiger partial charge in [-0.1, -0.05) is 230 Å². The third kappa shape index (κ3) is 13.2. The zero-order valence-electron chi connectivity index (χ0n) is 49.2. The summed E-state index contributed by atoms with van der Waals surface area (Å²) in [5, 5.41) is 12.9. The zero-order chi connectivity index (χ0) is 62.8. The quantitative estimate of drug-likeness (QED) is 0.00626. The van der Waals surface area contributed by atoms with Crippen molar-refractivity contribution in [3.63, 3.8) is 0 Å². The van der Waals surface area contributed by atoms with E-state index in [1.54, 1.807) is 55.2 Å². The van der Waals surface area contributed by atoms with Crippen molar-refractivity contribution in [3.05, 3.63) is 310 Å². The molecule has 4 heterocycles. The van der Waals surface area contributed by atoms with Gasteiger partial charge in [-0.2, -0.15) is 4.57 Å². The van der Waals surface area contributed by atoms with E-state index in [0.717, 1.165) is 33.2 Å². The lowest BCUT2D eigenvalue weighted by Crippen LogP contribution is -2.80. The minimum atomic E-state index is -1.94. The Bertz CT molecular complexity index is 3960. The Labute approximate surface area is 534 Å². The van der Waals surface area contributed by atoms with Gasteiger partial charge < -0.3 is 29.7 Å². The molecule has 1 unspecified atom stereocenters. The molecule has 2 amide bonds. The molecule has 0 spiro atoms. The molecule has 18 heteroatoms. The monoisotopic (exact) mass is 1250 g/mol. The highest BCUT2D eigenvalue weighted by molar-refractivity contribution is 8.00. The number of thiocarbonyl (C=S) groups is 1. The first-order valence-electron chi connectivity index (χ1n) is 28.8. The van der Waals surface area contributed by atoms with E-state index in [4.69, 9.17) is 36.3 Å². The van der Waals surface area contributed by atoms with Gasteiger partial charge in [0.2, 0.25) is 12.3 Å². The molecular weight excluding hydrogens is 1190 g/mol. The van der Waals surface area contributed by atoms with Gasteiger partial charge in [0.15, 0.2) is 41.0 Å². The Balaban J connectivity index is 0.930. The predicted molar refractivity (Wildman–Crippen MR) is 350 cm³/mol. The summed E-state index contributed by atoms with van der Waals surface area (Å²) < 4.78 is 19.8. The van der Waals surface area contributed by atoms with Crippen molar-refractivity contribution in [1.82, 2.24) is 15.2 Å². The largest absolute Gasteiger partial charge is 0.454 e. The van der Waals surface area contributed by atoms with Gasteiger partial charge in [-0.15, -0.1) is 23.1 Å². The van der Waals surface area contributed by atoms with Gasteiger partial charge in [-0.05, 0) is 71.9 Å². The summed E-state index contributed by atoms with van der Waals surface area (Å²) >= 11 is 8.15. The Kier molecular flexibility index (Phi) is 18.5. The van der Waals surface area contributed by atoms with Crippen molar-refractivity contribution >= 4 is 86.8 Å². The number of fused-ring (bicyclic) bond motifs is 1. The smallest absolute Gasteiger partial charge is 0.376 e. The molecule has 2 aliphatic heterocycles. The Hall–Kier alpha value is -10.1. The second-order valence-corrected chi connectivity index (χ2v) is 24.3. The van der Waals surface area contributed by atoms with Crippen LogP contribution in [0.2, 0.25) is 0 Å². The van der Waals surface area contributed by atoms with E-state index >= 15 is 14.4 Å². The summed E-state index contributed by atoms with van der Waals surface area (Å²) in [6.45, 7) is 8.63. The number of β-lactam (4-membered cyclic amide) rings is 1. The van der Waals surface area contributed by atoms with E-state index in [2.05, 4.69) is 22.4 Å². The number of anilines is 1. The van der Waals surface area contributed by atoms with Crippen LogP contribution in [0.15, 0.2) is 265 Å². The number of thiazole rings is 1. The zero-order valence-corrected chi connectivity index (χ0v) is 51.7. The second kappa shape index (κ2) is 27.1. The van der Waals surface area contributed by atoms with E-state index in [1.807, 2.05) is 212 Å². The molecule has 9 aromatic rings. The van der Waals surface area contributed by atoms with Crippen LogP contribution in [0.4, 0.5) is 5.13 Å². The van der Waals surface area contributed by atoms with Crippen LogP contribution in [-0.4, -0.2) is 73.0 Å². The van der Waals surface area contributed by atoms with E-state index < -0.39 is 75.5 Å². The van der Waals surface area contributed by atoms with Gasteiger partial charge in [0.25, 0.3) is 11.8 Å². The first-order valence-corrected chi connectivity index (χ1v) is 31.2. The number of benzene rings is 7.